The van der Waals surface area contributed by atoms with Gasteiger partial charge in [-0.2, -0.15) is 4.31 Å². The van der Waals surface area contributed by atoms with Crippen LogP contribution in [0.25, 0.3) is 6.08 Å². The number of nitrogens with zero attached hydrogens (tertiary/aromatic N) is 2. The van der Waals surface area contributed by atoms with E-state index in [0.29, 0.717) is 50.6 Å². The summed E-state index contributed by atoms with van der Waals surface area (Å²) < 4.78 is 45.9. The van der Waals surface area contributed by atoms with Crippen LogP contribution in [0, 0.1) is 5.82 Å². The van der Waals surface area contributed by atoms with Crippen LogP contribution in [0.1, 0.15) is 19.4 Å². The van der Waals surface area contributed by atoms with Crippen molar-refractivity contribution in [2.75, 3.05) is 49.6 Å². The standard InChI is InChI=1S/C23H28FN3O4S/c1-3-26(4-2)22-11-10-20(32(29,30)27-13-15-31-16-14-27)17-21(22)25-23(28)12-7-18-5-8-19(24)9-6-18/h5-12,17H,3-4,13-16H2,1-2H3,(H,25,28)/b12-7+. The Hall–Kier alpha value is -2.75. The number of ether oxygens (including phenoxy) is 1. The molecule has 0 spiro atoms. The van der Waals surface area contributed by atoms with Gasteiger partial charge in [-0.3, -0.25) is 4.79 Å². The molecule has 1 aliphatic rings. The number of sulfonamides is 1. The zero-order valence-electron chi connectivity index (χ0n) is 18.3. The molecular weight excluding hydrogens is 433 g/mol. The molecule has 0 aliphatic carbocycles. The van der Waals surface area contributed by atoms with E-state index in [-0.39, 0.29) is 10.7 Å². The van der Waals surface area contributed by atoms with Gasteiger partial charge in [0.15, 0.2) is 0 Å². The summed E-state index contributed by atoms with van der Waals surface area (Å²) >= 11 is 0. The lowest BCUT2D eigenvalue weighted by Crippen LogP contribution is -2.40. The summed E-state index contributed by atoms with van der Waals surface area (Å²) in [5.74, 6) is -0.766. The molecule has 7 nitrogen and oxygen atoms in total. The summed E-state index contributed by atoms with van der Waals surface area (Å²) in [6.07, 6.45) is 2.91. The molecule has 0 aromatic heterocycles. The third-order valence-electron chi connectivity index (χ3n) is 5.24. The van der Waals surface area contributed by atoms with E-state index in [9.17, 15) is 17.6 Å². The van der Waals surface area contributed by atoms with E-state index in [1.807, 2.05) is 18.7 Å². The van der Waals surface area contributed by atoms with Crippen LogP contribution in [0.2, 0.25) is 0 Å². The molecule has 32 heavy (non-hydrogen) atoms. The second-order valence-electron chi connectivity index (χ2n) is 7.24. The highest BCUT2D eigenvalue weighted by atomic mass is 32.2. The van der Waals surface area contributed by atoms with Crippen molar-refractivity contribution >= 4 is 33.4 Å². The SMILES string of the molecule is CCN(CC)c1ccc(S(=O)(=O)N2CCOCC2)cc1NC(=O)/C=C/c1ccc(F)cc1. The molecule has 1 fully saturated rings. The number of amides is 1. The maximum atomic E-state index is 13.1. The fourth-order valence-corrected chi connectivity index (χ4v) is 4.91. The normalized spacial score (nSPS) is 15.1. The molecule has 3 rings (SSSR count). The summed E-state index contributed by atoms with van der Waals surface area (Å²) in [4.78, 5) is 14.8. The molecule has 1 saturated heterocycles. The Labute approximate surface area is 188 Å². The molecule has 2 aromatic rings. The molecule has 172 valence electrons. The minimum Gasteiger partial charge on any atom is -0.379 e. The van der Waals surface area contributed by atoms with Crippen LogP contribution in [-0.2, 0) is 19.6 Å². The first kappa shape index (κ1) is 23.9. The minimum atomic E-state index is -3.71. The average Bonchev–Trinajstić information content (AvgIpc) is 2.81. The lowest BCUT2D eigenvalue weighted by molar-refractivity contribution is -0.111. The number of carbonyl (C=O) groups is 1. The fraction of sp³-hybridized carbons (Fsp3) is 0.348. The predicted molar refractivity (Wildman–Crippen MR) is 124 cm³/mol. The van der Waals surface area contributed by atoms with Crippen molar-refractivity contribution in [1.29, 1.82) is 0 Å². The fourth-order valence-electron chi connectivity index (χ4n) is 3.47. The first-order valence-corrected chi connectivity index (χ1v) is 12.0. The highest BCUT2D eigenvalue weighted by Gasteiger charge is 2.27. The predicted octanol–water partition coefficient (Wildman–Crippen LogP) is 3.34. The van der Waals surface area contributed by atoms with E-state index in [4.69, 9.17) is 4.74 Å². The van der Waals surface area contributed by atoms with E-state index < -0.39 is 15.9 Å². The van der Waals surface area contributed by atoms with Gasteiger partial charge in [0, 0.05) is 32.3 Å². The third-order valence-corrected chi connectivity index (χ3v) is 7.13. The molecule has 2 aromatic carbocycles. The molecule has 1 amide bonds. The quantitative estimate of drug-likeness (QED) is 0.610. The smallest absolute Gasteiger partial charge is 0.248 e. The Bertz CT molecular complexity index is 1060. The number of hydrogen-bond acceptors (Lipinski definition) is 5. The van der Waals surface area contributed by atoms with Gasteiger partial charge in [-0.15, -0.1) is 0 Å². The van der Waals surface area contributed by atoms with Crippen LogP contribution < -0.4 is 10.2 Å². The van der Waals surface area contributed by atoms with Crippen molar-refractivity contribution in [1.82, 2.24) is 4.31 Å². The first-order chi connectivity index (χ1) is 15.3. The summed E-state index contributed by atoms with van der Waals surface area (Å²) in [6.45, 7) is 6.66. The second-order valence-corrected chi connectivity index (χ2v) is 9.18. The Balaban J connectivity index is 1.89. The molecule has 1 aliphatic heterocycles. The maximum absolute atomic E-state index is 13.1. The number of anilines is 2. The van der Waals surface area contributed by atoms with Gasteiger partial charge in [-0.05, 0) is 55.8 Å². The number of nitrogens with one attached hydrogen (secondary N) is 1. The van der Waals surface area contributed by atoms with Crippen LogP contribution >= 0.6 is 0 Å². The molecular formula is C23H28FN3O4S. The van der Waals surface area contributed by atoms with Gasteiger partial charge in [0.1, 0.15) is 5.82 Å². The zero-order valence-corrected chi connectivity index (χ0v) is 19.1. The van der Waals surface area contributed by atoms with Crippen molar-refractivity contribution in [2.45, 2.75) is 18.7 Å². The minimum absolute atomic E-state index is 0.119. The Kier molecular flexibility index (Phi) is 8.00. The van der Waals surface area contributed by atoms with Crippen molar-refractivity contribution in [3.63, 3.8) is 0 Å². The number of hydrogen-bond donors (Lipinski definition) is 1. The molecule has 9 heteroatoms. The van der Waals surface area contributed by atoms with Crippen LogP contribution in [0.3, 0.4) is 0 Å². The third kappa shape index (κ3) is 5.73. The van der Waals surface area contributed by atoms with Gasteiger partial charge >= 0.3 is 0 Å². The molecule has 0 bridgehead atoms. The lowest BCUT2D eigenvalue weighted by Gasteiger charge is -2.28. The van der Waals surface area contributed by atoms with Gasteiger partial charge in [0.2, 0.25) is 15.9 Å². The van der Waals surface area contributed by atoms with Crippen molar-refractivity contribution in [3.8, 4) is 0 Å². The van der Waals surface area contributed by atoms with Crippen LogP contribution in [0.4, 0.5) is 15.8 Å². The van der Waals surface area contributed by atoms with Crippen molar-refractivity contribution in [2.24, 2.45) is 0 Å². The number of carbonyl (C=O) groups excluding carboxylic acids is 1. The molecule has 0 atom stereocenters. The van der Waals surface area contributed by atoms with Gasteiger partial charge in [0.25, 0.3) is 0 Å². The van der Waals surface area contributed by atoms with Crippen molar-refractivity contribution in [3.05, 3.63) is 59.9 Å². The maximum Gasteiger partial charge on any atom is 0.248 e. The van der Waals surface area contributed by atoms with E-state index in [1.165, 1.54) is 28.6 Å². The number of halogens is 1. The molecule has 0 unspecified atom stereocenters. The van der Waals surface area contributed by atoms with E-state index in [0.717, 1.165) is 5.69 Å². The molecule has 0 saturated carbocycles. The highest BCUT2D eigenvalue weighted by molar-refractivity contribution is 7.89. The summed E-state index contributed by atoms with van der Waals surface area (Å²) in [5.41, 5.74) is 1.82. The molecule has 1 N–H and O–H groups in total. The Morgan fingerprint density at radius 3 is 2.41 bits per heavy atom. The van der Waals surface area contributed by atoms with Gasteiger partial charge in [-0.1, -0.05) is 12.1 Å². The van der Waals surface area contributed by atoms with Crippen LogP contribution in [0.5, 0.6) is 0 Å². The largest absolute Gasteiger partial charge is 0.379 e. The monoisotopic (exact) mass is 461 g/mol. The summed E-state index contributed by atoms with van der Waals surface area (Å²) in [5, 5.41) is 2.81. The number of benzene rings is 2. The highest BCUT2D eigenvalue weighted by Crippen LogP contribution is 2.30. The first-order valence-electron chi connectivity index (χ1n) is 10.6. The van der Waals surface area contributed by atoms with Crippen LogP contribution in [-0.4, -0.2) is 58.0 Å². The van der Waals surface area contributed by atoms with Gasteiger partial charge in [0.05, 0.1) is 29.5 Å². The number of rotatable bonds is 8. The zero-order chi connectivity index (χ0) is 23.1. The molecule has 0 radical (unpaired) electrons. The van der Waals surface area contributed by atoms with Crippen molar-refractivity contribution < 1.29 is 22.3 Å². The second kappa shape index (κ2) is 10.7. The topological polar surface area (TPSA) is 79.0 Å². The average molecular weight is 462 g/mol. The number of morpholine rings is 1. The lowest BCUT2D eigenvalue weighted by atomic mass is 10.2. The summed E-state index contributed by atoms with van der Waals surface area (Å²) in [6, 6.07) is 10.6. The van der Waals surface area contributed by atoms with E-state index in [1.54, 1.807) is 30.3 Å². The van der Waals surface area contributed by atoms with Gasteiger partial charge in [-0.25, -0.2) is 12.8 Å². The summed E-state index contributed by atoms with van der Waals surface area (Å²) in [7, 11) is -3.71. The van der Waals surface area contributed by atoms with Crippen LogP contribution in [0.15, 0.2) is 53.4 Å². The Morgan fingerprint density at radius 2 is 1.78 bits per heavy atom. The van der Waals surface area contributed by atoms with E-state index >= 15 is 0 Å². The van der Waals surface area contributed by atoms with Gasteiger partial charge < -0.3 is 15.0 Å². The van der Waals surface area contributed by atoms with E-state index in [2.05, 4.69) is 5.32 Å². The molecule has 1 heterocycles. The Morgan fingerprint density at radius 1 is 1.12 bits per heavy atom.